The first-order valence-electron chi connectivity index (χ1n) is 7.05. The zero-order chi connectivity index (χ0) is 16.9. The van der Waals surface area contributed by atoms with Gasteiger partial charge in [-0.05, 0) is 18.2 Å². The fourth-order valence-corrected chi connectivity index (χ4v) is 2.12. The maximum Gasteiger partial charge on any atom is 0.332 e. The predicted molar refractivity (Wildman–Crippen MR) is 85.9 cm³/mol. The summed E-state index contributed by atoms with van der Waals surface area (Å²) in [5.41, 5.74) is -0.0743. The SMILES string of the molecule is N#Cc1cn(-c2cccc(OCc3cccnc3)c2)c(=O)[nH]c1=O. The van der Waals surface area contributed by atoms with Gasteiger partial charge < -0.3 is 4.74 Å². The van der Waals surface area contributed by atoms with Crippen LogP contribution in [-0.4, -0.2) is 14.5 Å². The van der Waals surface area contributed by atoms with Crippen LogP contribution in [0.2, 0.25) is 0 Å². The first kappa shape index (κ1) is 15.2. The van der Waals surface area contributed by atoms with Gasteiger partial charge in [-0.3, -0.25) is 19.3 Å². The van der Waals surface area contributed by atoms with E-state index in [0.29, 0.717) is 18.0 Å². The Hall–Kier alpha value is -3.66. The Morgan fingerprint density at radius 3 is 2.88 bits per heavy atom. The maximum absolute atomic E-state index is 11.9. The third kappa shape index (κ3) is 3.23. The van der Waals surface area contributed by atoms with Crippen molar-refractivity contribution >= 4 is 0 Å². The van der Waals surface area contributed by atoms with Gasteiger partial charge in [-0.25, -0.2) is 4.79 Å². The number of nitriles is 1. The van der Waals surface area contributed by atoms with E-state index in [9.17, 15) is 9.59 Å². The predicted octanol–water partition coefficient (Wildman–Crippen LogP) is 1.37. The largest absolute Gasteiger partial charge is 0.489 e. The number of ether oxygens (including phenoxy) is 1. The molecule has 0 aliphatic carbocycles. The molecule has 7 nitrogen and oxygen atoms in total. The number of rotatable bonds is 4. The maximum atomic E-state index is 11.9. The summed E-state index contributed by atoms with van der Waals surface area (Å²) in [6.07, 6.45) is 4.59. The molecule has 0 amide bonds. The molecule has 3 rings (SSSR count). The minimum atomic E-state index is -0.706. The van der Waals surface area contributed by atoms with E-state index in [1.165, 1.54) is 10.8 Å². The van der Waals surface area contributed by atoms with Gasteiger partial charge in [-0.15, -0.1) is 0 Å². The standard InChI is InChI=1S/C17H12N4O3/c18-8-13-10-21(17(23)20-16(13)22)14-4-1-5-15(7-14)24-11-12-3-2-6-19-9-12/h1-7,9-10H,11H2,(H,20,22,23). The Morgan fingerprint density at radius 1 is 1.25 bits per heavy atom. The highest BCUT2D eigenvalue weighted by atomic mass is 16.5. The van der Waals surface area contributed by atoms with Crippen LogP contribution in [0.3, 0.4) is 0 Å². The van der Waals surface area contributed by atoms with Gasteiger partial charge in [-0.2, -0.15) is 5.26 Å². The number of hydrogen-bond donors (Lipinski definition) is 1. The van der Waals surface area contributed by atoms with Crippen molar-refractivity contribution in [1.82, 2.24) is 14.5 Å². The third-order valence-electron chi connectivity index (χ3n) is 3.29. The van der Waals surface area contributed by atoms with E-state index < -0.39 is 11.2 Å². The van der Waals surface area contributed by atoms with Gasteiger partial charge in [0.05, 0.1) is 5.69 Å². The Balaban J connectivity index is 1.90. The second-order valence-electron chi connectivity index (χ2n) is 4.93. The molecule has 24 heavy (non-hydrogen) atoms. The zero-order valence-electron chi connectivity index (χ0n) is 12.5. The Morgan fingerprint density at radius 2 is 2.12 bits per heavy atom. The number of pyridine rings is 1. The molecular formula is C17H12N4O3. The van der Waals surface area contributed by atoms with Crippen molar-refractivity contribution in [3.63, 3.8) is 0 Å². The van der Waals surface area contributed by atoms with Gasteiger partial charge in [0.25, 0.3) is 5.56 Å². The second-order valence-corrected chi connectivity index (χ2v) is 4.93. The lowest BCUT2D eigenvalue weighted by Crippen LogP contribution is -2.30. The first-order chi connectivity index (χ1) is 11.7. The second kappa shape index (κ2) is 6.62. The molecule has 2 heterocycles. The summed E-state index contributed by atoms with van der Waals surface area (Å²) in [4.78, 5) is 29.5. The van der Waals surface area contributed by atoms with E-state index in [0.717, 1.165) is 5.56 Å². The lowest BCUT2D eigenvalue weighted by atomic mass is 10.2. The Kier molecular flexibility index (Phi) is 4.21. The van der Waals surface area contributed by atoms with E-state index in [-0.39, 0.29) is 5.56 Å². The van der Waals surface area contributed by atoms with Crippen LogP contribution in [0.4, 0.5) is 0 Å². The van der Waals surface area contributed by atoms with Crippen LogP contribution in [0.15, 0.2) is 64.6 Å². The molecule has 1 aromatic carbocycles. The van der Waals surface area contributed by atoms with Crippen LogP contribution in [0.25, 0.3) is 5.69 Å². The Labute approximate surface area is 136 Å². The van der Waals surface area contributed by atoms with Crippen LogP contribution in [0, 0.1) is 11.3 Å². The van der Waals surface area contributed by atoms with Crippen LogP contribution >= 0.6 is 0 Å². The molecule has 0 aliphatic heterocycles. The highest BCUT2D eigenvalue weighted by Gasteiger charge is 2.07. The molecule has 7 heteroatoms. The van der Waals surface area contributed by atoms with Crippen molar-refractivity contribution in [3.05, 3.63) is 87.0 Å². The molecule has 0 spiro atoms. The number of aromatic amines is 1. The van der Waals surface area contributed by atoms with E-state index >= 15 is 0 Å². The number of nitrogens with one attached hydrogen (secondary N) is 1. The molecule has 3 aromatic rings. The molecule has 0 bridgehead atoms. The average molecular weight is 320 g/mol. The summed E-state index contributed by atoms with van der Waals surface area (Å²) in [6.45, 7) is 0.335. The Bertz CT molecular complexity index is 1020. The quantitative estimate of drug-likeness (QED) is 0.782. The molecule has 0 saturated carbocycles. The van der Waals surface area contributed by atoms with Crippen molar-refractivity contribution in [2.24, 2.45) is 0 Å². The van der Waals surface area contributed by atoms with Crippen LogP contribution in [0.1, 0.15) is 11.1 Å². The molecule has 0 radical (unpaired) electrons. The van der Waals surface area contributed by atoms with Crippen LogP contribution in [0.5, 0.6) is 5.75 Å². The minimum Gasteiger partial charge on any atom is -0.489 e. The van der Waals surface area contributed by atoms with Crippen molar-refractivity contribution < 1.29 is 4.74 Å². The van der Waals surface area contributed by atoms with Crippen molar-refractivity contribution in [3.8, 4) is 17.5 Å². The van der Waals surface area contributed by atoms with E-state index in [4.69, 9.17) is 10.00 Å². The summed E-state index contributed by atoms with van der Waals surface area (Å²) in [6, 6.07) is 12.3. The van der Waals surface area contributed by atoms with Gasteiger partial charge in [0.1, 0.15) is 24.0 Å². The summed E-state index contributed by atoms with van der Waals surface area (Å²) in [5, 5.41) is 8.93. The molecular weight excluding hydrogens is 308 g/mol. The van der Waals surface area contributed by atoms with E-state index in [2.05, 4.69) is 9.97 Å². The summed E-state index contributed by atoms with van der Waals surface area (Å²) >= 11 is 0. The molecule has 0 aliphatic rings. The third-order valence-corrected chi connectivity index (χ3v) is 3.29. The molecule has 0 fully saturated rings. The fourth-order valence-electron chi connectivity index (χ4n) is 2.12. The first-order valence-corrected chi connectivity index (χ1v) is 7.05. The highest BCUT2D eigenvalue weighted by molar-refractivity contribution is 5.40. The lowest BCUT2D eigenvalue weighted by Gasteiger charge is -2.09. The van der Waals surface area contributed by atoms with E-state index in [1.807, 2.05) is 12.1 Å². The molecule has 118 valence electrons. The van der Waals surface area contributed by atoms with Crippen molar-refractivity contribution in [1.29, 1.82) is 5.26 Å². The summed E-state index contributed by atoms with van der Waals surface area (Å²) in [5.74, 6) is 0.549. The van der Waals surface area contributed by atoms with Gasteiger partial charge in [0.15, 0.2) is 0 Å². The van der Waals surface area contributed by atoms with E-state index in [1.54, 1.807) is 42.7 Å². The zero-order valence-corrected chi connectivity index (χ0v) is 12.5. The van der Waals surface area contributed by atoms with Gasteiger partial charge in [0, 0.05) is 30.2 Å². The van der Waals surface area contributed by atoms with Crippen LogP contribution in [-0.2, 0) is 6.61 Å². The van der Waals surface area contributed by atoms with Gasteiger partial charge in [-0.1, -0.05) is 12.1 Å². The number of hydrogen-bond acceptors (Lipinski definition) is 5. The average Bonchev–Trinajstić information content (AvgIpc) is 2.61. The number of benzene rings is 1. The summed E-state index contributed by atoms with van der Waals surface area (Å²) in [7, 11) is 0. The van der Waals surface area contributed by atoms with Gasteiger partial charge in [0.2, 0.25) is 0 Å². The number of nitrogens with zero attached hydrogens (tertiary/aromatic N) is 3. The van der Waals surface area contributed by atoms with Crippen LogP contribution < -0.4 is 16.0 Å². The molecule has 0 unspecified atom stereocenters. The molecule has 2 aromatic heterocycles. The van der Waals surface area contributed by atoms with Crippen molar-refractivity contribution in [2.45, 2.75) is 6.61 Å². The number of aromatic nitrogens is 3. The van der Waals surface area contributed by atoms with Crippen molar-refractivity contribution in [2.75, 3.05) is 0 Å². The normalized spacial score (nSPS) is 10.1. The fraction of sp³-hybridized carbons (Fsp3) is 0.0588. The molecule has 0 saturated heterocycles. The smallest absolute Gasteiger partial charge is 0.332 e. The monoisotopic (exact) mass is 320 g/mol. The summed E-state index contributed by atoms with van der Waals surface area (Å²) < 4.78 is 6.87. The van der Waals surface area contributed by atoms with Gasteiger partial charge >= 0.3 is 5.69 Å². The highest BCUT2D eigenvalue weighted by Crippen LogP contribution is 2.17. The topological polar surface area (TPSA) is 101 Å². The molecule has 0 atom stereocenters. The minimum absolute atomic E-state index is 0.142. The number of H-pyrrole nitrogens is 1. The molecule has 1 N–H and O–H groups in total. The lowest BCUT2D eigenvalue weighted by molar-refractivity contribution is 0.305.